The second-order valence-electron chi connectivity index (χ2n) is 5.11. The number of carbonyl (C=O) groups excluding carboxylic acids is 1. The number of carbonyl (C=O) groups is 1. The second-order valence-corrected chi connectivity index (χ2v) is 5.11. The zero-order chi connectivity index (χ0) is 16.8. The average Bonchev–Trinajstić information content (AvgIpc) is 2.58. The van der Waals surface area contributed by atoms with E-state index in [1.807, 2.05) is 0 Å². The summed E-state index contributed by atoms with van der Waals surface area (Å²) >= 11 is 0. The van der Waals surface area contributed by atoms with Crippen molar-refractivity contribution in [1.82, 2.24) is 9.97 Å². The minimum atomic E-state index is -0.493. The van der Waals surface area contributed by atoms with E-state index in [0.717, 1.165) is 0 Å². The molecular formula is C14H19N5O4. The predicted octanol–water partition coefficient (Wildman–Crippen LogP) is 1.37. The van der Waals surface area contributed by atoms with Crippen molar-refractivity contribution in [3.63, 3.8) is 0 Å². The molecule has 0 spiro atoms. The summed E-state index contributed by atoms with van der Waals surface area (Å²) in [5.41, 5.74) is -0.161. The van der Waals surface area contributed by atoms with Gasteiger partial charge in [0.2, 0.25) is 11.6 Å². The molecule has 1 saturated heterocycles. The van der Waals surface area contributed by atoms with E-state index in [-0.39, 0.29) is 29.2 Å². The maximum Gasteiger partial charge on any atom is 0.353 e. The molecule has 124 valence electrons. The molecule has 23 heavy (non-hydrogen) atoms. The molecule has 1 aromatic rings. The maximum atomic E-state index is 11.6. The van der Waals surface area contributed by atoms with Crippen LogP contribution >= 0.6 is 0 Å². The van der Waals surface area contributed by atoms with Crippen LogP contribution in [0.1, 0.15) is 12.8 Å². The van der Waals surface area contributed by atoms with E-state index in [1.54, 1.807) is 11.0 Å². The zero-order valence-corrected chi connectivity index (χ0v) is 12.9. The Morgan fingerprint density at radius 1 is 1.57 bits per heavy atom. The highest BCUT2D eigenvalue weighted by atomic mass is 16.6. The van der Waals surface area contributed by atoms with Crippen LogP contribution < -0.4 is 10.2 Å². The van der Waals surface area contributed by atoms with Gasteiger partial charge in [0, 0.05) is 19.6 Å². The van der Waals surface area contributed by atoms with Crippen LogP contribution in [0.3, 0.4) is 0 Å². The van der Waals surface area contributed by atoms with E-state index < -0.39 is 4.92 Å². The summed E-state index contributed by atoms with van der Waals surface area (Å²) in [6.45, 7) is 4.93. The standard InChI is InChI=1S/C14H19N5O4/c1-3-6-15-12-11(19(21)22)13(17-9-16-12)18-7-4-10(5-8-18)14(20)23-2/h3,9-10H,1,4-8H2,2H3,(H,15,16,17). The Kier molecular flexibility index (Phi) is 5.45. The normalized spacial score (nSPS) is 15.1. The van der Waals surface area contributed by atoms with Gasteiger partial charge in [0.1, 0.15) is 6.33 Å². The zero-order valence-electron chi connectivity index (χ0n) is 12.9. The fourth-order valence-electron chi connectivity index (χ4n) is 2.56. The van der Waals surface area contributed by atoms with E-state index in [0.29, 0.717) is 32.5 Å². The molecule has 0 amide bonds. The molecule has 0 atom stereocenters. The van der Waals surface area contributed by atoms with Gasteiger partial charge in [0.25, 0.3) is 0 Å². The van der Waals surface area contributed by atoms with Crippen molar-refractivity contribution in [2.24, 2.45) is 5.92 Å². The molecule has 9 heteroatoms. The molecule has 1 N–H and O–H groups in total. The highest BCUT2D eigenvalue weighted by Crippen LogP contribution is 2.34. The summed E-state index contributed by atoms with van der Waals surface area (Å²) in [5, 5.41) is 14.3. The number of methoxy groups -OCH3 is 1. The SMILES string of the molecule is C=CCNc1ncnc(N2CCC(C(=O)OC)CC2)c1[N+](=O)[O-]. The molecule has 0 bridgehead atoms. The van der Waals surface area contributed by atoms with Gasteiger partial charge in [-0.25, -0.2) is 9.97 Å². The largest absolute Gasteiger partial charge is 0.469 e. The van der Waals surface area contributed by atoms with E-state index in [1.165, 1.54) is 13.4 Å². The van der Waals surface area contributed by atoms with Crippen molar-refractivity contribution < 1.29 is 14.5 Å². The number of nitrogens with one attached hydrogen (secondary N) is 1. The number of rotatable bonds is 6. The summed E-state index contributed by atoms with van der Waals surface area (Å²) in [7, 11) is 1.36. The lowest BCUT2D eigenvalue weighted by Gasteiger charge is -2.31. The quantitative estimate of drug-likeness (QED) is 0.362. The van der Waals surface area contributed by atoms with Crippen LogP contribution in [0.5, 0.6) is 0 Å². The Morgan fingerprint density at radius 2 is 2.26 bits per heavy atom. The van der Waals surface area contributed by atoms with Crippen LogP contribution in [0.2, 0.25) is 0 Å². The lowest BCUT2D eigenvalue weighted by Crippen LogP contribution is -2.37. The van der Waals surface area contributed by atoms with Crippen molar-refractivity contribution in [1.29, 1.82) is 0 Å². The van der Waals surface area contributed by atoms with Crippen molar-refractivity contribution in [2.75, 3.05) is 37.0 Å². The first-order valence-electron chi connectivity index (χ1n) is 7.25. The summed E-state index contributed by atoms with van der Waals surface area (Å²) in [6, 6.07) is 0. The van der Waals surface area contributed by atoms with Crippen molar-refractivity contribution in [3.05, 3.63) is 29.1 Å². The number of ether oxygens (including phenoxy) is 1. The number of nitro groups is 1. The molecule has 2 rings (SSSR count). The molecule has 1 aliphatic heterocycles. The molecule has 1 fully saturated rings. The van der Waals surface area contributed by atoms with Crippen molar-refractivity contribution in [2.45, 2.75) is 12.8 Å². The molecule has 0 unspecified atom stereocenters. The number of esters is 1. The van der Waals surface area contributed by atoms with Crippen LogP contribution in [-0.4, -0.2) is 47.6 Å². The third kappa shape index (κ3) is 3.74. The van der Waals surface area contributed by atoms with Crippen LogP contribution in [0.25, 0.3) is 0 Å². The van der Waals surface area contributed by atoms with Gasteiger partial charge in [-0.2, -0.15) is 0 Å². The van der Waals surface area contributed by atoms with Gasteiger partial charge in [-0.3, -0.25) is 14.9 Å². The molecule has 9 nitrogen and oxygen atoms in total. The molecule has 1 aliphatic rings. The lowest BCUT2D eigenvalue weighted by atomic mass is 9.97. The van der Waals surface area contributed by atoms with Gasteiger partial charge in [-0.05, 0) is 12.8 Å². The molecule has 0 aliphatic carbocycles. The summed E-state index contributed by atoms with van der Waals surface area (Å²) < 4.78 is 4.75. The van der Waals surface area contributed by atoms with Gasteiger partial charge in [-0.1, -0.05) is 6.08 Å². The van der Waals surface area contributed by atoms with E-state index in [9.17, 15) is 14.9 Å². The van der Waals surface area contributed by atoms with Gasteiger partial charge in [0.05, 0.1) is 18.0 Å². The first-order chi connectivity index (χ1) is 11.1. The number of anilines is 2. The Morgan fingerprint density at radius 3 is 2.83 bits per heavy atom. The fourth-order valence-corrected chi connectivity index (χ4v) is 2.56. The molecule has 2 heterocycles. The topological polar surface area (TPSA) is 110 Å². The predicted molar refractivity (Wildman–Crippen MR) is 84.3 cm³/mol. The number of nitrogens with zero attached hydrogens (tertiary/aromatic N) is 4. The number of hydrogen-bond acceptors (Lipinski definition) is 8. The van der Waals surface area contributed by atoms with Gasteiger partial charge >= 0.3 is 11.7 Å². The number of aromatic nitrogens is 2. The van der Waals surface area contributed by atoms with Gasteiger partial charge < -0.3 is 15.0 Å². The first-order valence-corrected chi connectivity index (χ1v) is 7.25. The molecule has 0 radical (unpaired) electrons. The number of hydrogen-bond donors (Lipinski definition) is 1. The van der Waals surface area contributed by atoms with E-state index in [2.05, 4.69) is 21.9 Å². The molecule has 0 aromatic carbocycles. The highest BCUT2D eigenvalue weighted by molar-refractivity contribution is 5.74. The highest BCUT2D eigenvalue weighted by Gasteiger charge is 2.31. The van der Waals surface area contributed by atoms with Crippen LogP contribution in [0, 0.1) is 16.0 Å². The van der Waals surface area contributed by atoms with E-state index in [4.69, 9.17) is 4.74 Å². The Hall–Kier alpha value is -2.71. The van der Waals surface area contributed by atoms with Crippen LogP contribution in [0.4, 0.5) is 17.3 Å². The smallest absolute Gasteiger partial charge is 0.353 e. The summed E-state index contributed by atoms with van der Waals surface area (Å²) in [5.74, 6) is 0.0144. The summed E-state index contributed by atoms with van der Waals surface area (Å²) in [6.07, 6.45) is 4.03. The van der Waals surface area contributed by atoms with E-state index >= 15 is 0 Å². The lowest BCUT2D eigenvalue weighted by molar-refractivity contribution is -0.383. The minimum absolute atomic E-state index is 0.161. The Bertz CT molecular complexity index is 599. The monoisotopic (exact) mass is 321 g/mol. The van der Waals surface area contributed by atoms with Crippen molar-refractivity contribution >= 4 is 23.3 Å². The number of piperidine rings is 1. The van der Waals surface area contributed by atoms with Crippen LogP contribution in [0.15, 0.2) is 19.0 Å². The van der Waals surface area contributed by atoms with Crippen molar-refractivity contribution in [3.8, 4) is 0 Å². The minimum Gasteiger partial charge on any atom is -0.469 e. The Labute approximate surface area is 133 Å². The third-order valence-electron chi connectivity index (χ3n) is 3.73. The van der Waals surface area contributed by atoms with Gasteiger partial charge in [-0.15, -0.1) is 6.58 Å². The molecule has 0 saturated carbocycles. The van der Waals surface area contributed by atoms with Crippen LogP contribution in [-0.2, 0) is 9.53 Å². The fraction of sp³-hybridized carbons (Fsp3) is 0.500. The first kappa shape index (κ1) is 16.7. The summed E-state index contributed by atoms with van der Waals surface area (Å²) in [4.78, 5) is 32.3. The Balaban J connectivity index is 2.21. The second kappa shape index (κ2) is 7.52. The van der Waals surface area contributed by atoms with Gasteiger partial charge in [0.15, 0.2) is 0 Å². The third-order valence-corrected chi connectivity index (χ3v) is 3.73. The molecular weight excluding hydrogens is 302 g/mol. The molecule has 1 aromatic heterocycles. The average molecular weight is 321 g/mol. The maximum absolute atomic E-state index is 11.6.